The molecule has 2 N–H and O–H groups in total. The lowest BCUT2D eigenvalue weighted by molar-refractivity contribution is 0.0952. The zero-order valence-electron chi connectivity index (χ0n) is 14.7. The van der Waals surface area contributed by atoms with Crippen LogP contribution in [-0.4, -0.2) is 30.1 Å². The van der Waals surface area contributed by atoms with E-state index < -0.39 is 0 Å². The average Bonchev–Trinajstić information content (AvgIpc) is 2.81. The molecule has 1 amide bonds. The van der Waals surface area contributed by atoms with Crippen LogP contribution in [0.15, 0.2) is 54.6 Å². The smallest absolute Gasteiger partial charge is 0.251 e. The highest BCUT2D eigenvalue weighted by atomic mass is 35.5. The molecule has 0 bridgehead atoms. The van der Waals surface area contributed by atoms with Crippen LogP contribution in [0.5, 0.6) is 0 Å². The maximum Gasteiger partial charge on any atom is 0.251 e. The zero-order valence-corrected chi connectivity index (χ0v) is 15.5. The Kier molecular flexibility index (Phi) is 5.96. The Morgan fingerprint density at radius 1 is 1.00 bits per heavy atom. The van der Waals surface area contributed by atoms with Gasteiger partial charge in [0.05, 0.1) is 0 Å². The Morgan fingerprint density at radius 2 is 1.73 bits per heavy atom. The second-order valence-electron chi connectivity index (χ2n) is 6.47. The number of aromatic nitrogens is 1. The quantitative estimate of drug-likeness (QED) is 0.742. The van der Waals surface area contributed by atoms with E-state index in [-0.39, 0.29) is 18.3 Å². The van der Waals surface area contributed by atoms with E-state index in [4.69, 9.17) is 0 Å². The number of carbonyl (C=O) groups excluding carboxylic acids is 1. The van der Waals surface area contributed by atoms with E-state index in [1.807, 2.05) is 30.3 Å². The highest BCUT2D eigenvalue weighted by Gasteiger charge is 2.18. The van der Waals surface area contributed by atoms with Crippen LogP contribution in [0.3, 0.4) is 0 Å². The Labute approximate surface area is 160 Å². The van der Waals surface area contributed by atoms with Gasteiger partial charge in [-0.1, -0.05) is 36.4 Å². The van der Waals surface area contributed by atoms with Crippen molar-refractivity contribution in [2.24, 2.45) is 0 Å². The summed E-state index contributed by atoms with van der Waals surface area (Å²) in [5, 5.41) is 7.89. The van der Waals surface area contributed by atoms with Crippen LogP contribution in [0.1, 0.15) is 21.6 Å². The van der Waals surface area contributed by atoms with Crippen molar-refractivity contribution >= 4 is 29.2 Å². The molecule has 1 aliphatic rings. The number of nitrogens with zero attached hydrogens (tertiary/aromatic N) is 1. The number of nitrogens with one attached hydrogen (secondary N) is 2. The summed E-state index contributed by atoms with van der Waals surface area (Å²) in [5.74, 6) is -0.00943. The van der Waals surface area contributed by atoms with Gasteiger partial charge < -0.3 is 15.2 Å². The SMILES string of the molecule is Cl.O=C(NCCn1c2c(c3ccccc31)CCNCC2)c1ccccc1. The fourth-order valence-corrected chi connectivity index (χ4v) is 3.77. The normalized spacial score (nSPS) is 13.5. The fraction of sp³-hybridized carbons (Fsp3) is 0.286. The number of benzene rings is 2. The topological polar surface area (TPSA) is 46.1 Å². The standard InChI is InChI=1S/C21H23N3O.ClH/c25-21(16-6-2-1-3-7-16)23-14-15-24-19-9-5-4-8-17(19)18-10-12-22-13-11-20(18)24;/h1-9,22H,10-15H2,(H,23,25);1H. The van der Waals surface area contributed by atoms with Crippen molar-refractivity contribution in [1.29, 1.82) is 0 Å². The number of rotatable bonds is 4. The predicted octanol–water partition coefficient (Wildman–Crippen LogP) is 3.18. The number of para-hydroxylation sites is 1. The largest absolute Gasteiger partial charge is 0.350 e. The van der Waals surface area contributed by atoms with E-state index in [0.717, 1.165) is 32.5 Å². The second-order valence-corrected chi connectivity index (χ2v) is 6.47. The highest BCUT2D eigenvalue weighted by Crippen LogP contribution is 2.28. The Morgan fingerprint density at radius 3 is 2.58 bits per heavy atom. The summed E-state index contributed by atoms with van der Waals surface area (Å²) >= 11 is 0. The van der Waals surface area contributed by atoms with Crippen LogP contribution in [0, 0.1) is 0 Å². The number of carbonyl (C=O) groups is 1. The molecule has 0 aliphatic carbocycles. The van der Waals surface area contributed by atoms with Crippen molar-refractivity contribution in [2.75, 3.05) is 19.6 Å². The first-order valence-corrected chi connectivity index (χ1v) is 8.97. The lowest BCUT2D eigenvalue weighted by Gasteiger charge is -2.12. The maximum atomic E-state index is 12.3. The van der Waals surface area contributed by atoms with Gasteiger partial charge in [-0.05, 0) is 36.7 Å². The zero-order chi connectivity index (χ0) is 17.1. The number of hydrogen-bond donors (Lipinski definition) is 2. The van der Waals surface area contributed by atoms with Gasteiger partial charge in [-0.15, -0.1) is 12.4 Å². The minimum atomic E-state index is -0.00943. The summed E-state index contributed by atoms with van der Waals surface area (Å²) in [7, 11) is 0. The molecule has 2 aromatic carbocycles. The molecule has 1 aliphatic heterocycles. The summed E-state index contributed by atoms with van der Waals surface area (Å²) in [6, 6.07) is 18.0. The van der Waals surface area contributed by atoms with Crippen molar-refractivity contribution < 1.29 is 4.79 Å². The first-order valence-electron chi connectivity index (χ1n) is 8.97. The van der Waals surface area contributed by atoms with Gasteiger partial charge in [0, 0.05) is 48.2 Å². The third-order valence-electron chi connectivity index (χ3n) is 4.94. The van der Waals surface area contributed by atoms with E-state index >= 15 is 0 Å². The molecule has 0 saturated carbocycles. The van der Waals surface area contributed by atoms with Crippen LogP contribution in [0.25, 0.3) is 10.9 Å². The van der Waals surface area contributed by atoms with Crippen LogP contribution >= 0.6 is 12.4 Å². The molecule has 0 spiro atoms. The first-order chi connectivity index (χ1) is 12.3. The number of hydrogen-bond acceptors (Lipinski definition) is 2. The summed E-state index contributed by atoms with van der Waals surface area (Å²) in [5.41, 5.74) is 4.88. The lowest BCUT2D eigenvalue weighted by Crippen LogP contribution is -2.27. The molecular weight excluding hydrogens is 346 g/mol. The molecular formula is C21H24ClN3O. The molecule has 0 fully saturated rings. The van der Waals surface area contributed by atoms with E-state index in [1.54, 1.807) is 0 Å². The third-order valence-corrected chi connectivity index (χ3v) is 4.94. The van der Waals surface area contributed by atoms with E-state index in [9.17, 15) is 4.79 Å². The predicted molar refractivity (Wildman–Crippen MR) is 108 cm³/mol. The molecule has 4 rings (SSSR count). The van der Waals surface area contributed by atoms with Crippen molar-refractivity contribution in [3.63, 3.8) is 0 Å². The van der Waals surface area contributed by atoms with E-state index in [1.165, 1.54) is 22.2 Å². The summed E-state index contributed by atoms with van der Waals surface area (Å²) < 4.78 is 2.39. The van der Waals surface area contributed by atoms with Crippen molar-refractivity contribution in [3.8, 4) is 0 Å². The van der Waals surface area contributed by atoms with Gasteiger partial charge in [-0.25, -0.2) is 0 Å². The first kappa shape index (κ1) is 18.5. The van der Waals surface area contributed by atoms with E-state index in [0.29, 0.717) is 12.1 Å². The average molecular weight is 370 g/mol. The molecule has 4 nitrogen and oxygen atoms in total. The number of amides is 1. The molecule has 1 aromatic heterocycles. The highest BCUT2D eigenvalue weighted by molar-refractivity contribution is 5.94. The fourth-order valence-electron chi connectivity index (χ4n) is 3.77. The summed E-state index contributed by atoms with van der Waals surface area (Å²) in [6.45, 7) is 3.48. The second kappa shape index (κ2) is 8.39. The van der Waals surface area contributed by atoms with Gasteiger partial charge in [-0.2, -0.15) is 0 Å². The van der Waals surface area contributed by atoms with E-state index in [2.05, 4.69) is 39.5 Å². The Bertz CT molecular complexity index is 889. The van der Waals surface area contributed by atoms with Gasteiger partial charge in [0.25, 0.3) is 5.91 Å². The molecule has 5 heteroatoms. The van der Waals surface area contributed by atoms with Crippen LogP contribution < -0.4 is 10.6 Å². The molecule has 0 atom stereocenters. The molecule has 0 unspecified atom stereocenters. The van der Waals surface area contributed by atoms with Crippen LogP contribution in [0.2, 0.25) is 0 Å². The lowest BCUT2D eigenvalue weighted by atomic mass is 10.1. The molecule has 2 heterocycles. The van der Waals surface area contributed by atoms with Crippen molar-refractivity contribution in [1.82, 2.24) is 15.2 Å². The minimum absolute atomic E-state index is 0. The van der Waals surface area contributed by atoms with Gasteiger partial charge in [0.2, 0.25) is 0 Å². The number of halogens is 1. The van der Waals surface area contributed by atoms with Gasteiger partial charge in [-0.3, -0.25) is 4.79 Å². The molecule has 26 heavy (non-hydrogen) atoms. The molecule has 136 valence electrons. The minimum Gasteiger partial charge on any atom is -0.350 e. The monoisotopic (exact) mass is 369 g/mol. The van der Waals surface area contributed by atoms with Crippen LogP contribution in [0.4, 0.5) is 0 Å². The van der Waals surface area contributed by atoms with Crippen LogP contribution in [-0.2, 0) is 19.4 Å². The Hall–Kier alpha value is -2.30. The Balaban J connectivity index is 0.00000196. The number of fused-ring (bicyclic) bond motifs is 3. The van der Waals surface area contributed by atoms with Gasteiger partial charge in [0.15, 0.2) is 0 Å². The summed E-state index contributed by atoms with van der Waals surface area (Å²) in [4.78, 5) is 12.3. The van der Waals surface area contributed by atoms with Gasteiger partial charge in [0.1, 0.15) is 0 Å². The van der Waals surface area contributed by atoms with Gasteiger partial charge >= 0.3 is 0 Å². The van der Waals surface area contributed by atoms with Crippen molar-refractivity contribution in [3.05, 3.63) is 71.4 Å². The third kappa shape index (κ3) is 3.62. The molecule has 0 radical (unpaired) electrons. The summed E-state index contributed by atoms with van der Waals surface area (Å²) in [6.07, 6.45) is 2.11. The maximum absolute atomic E-state index is 12.3. The van der Waals surface area contributed by atoms with Crippen molar-refractivity contribution in [2.45, 2.75) is 19.4 Å². The molecule has 0 saturated heterocycles. The molecule has 3 aromatic rings.